The van der Waals surface area contributed by atoms with Crippen molar-refractivity contribution in [3.8, 4) is 0 Å². The number of quaternary nitrogens is 1. The van der Waals surface area contributed by atoms with E-state index in [1.165, 1.54) is 128 Å². The van der Waals surface area contributed by atoms with Gasteiger partial charge in [0, 0.05) is 19.3 Å². The van der Waals surface area contributed by atoms with E-state index in [0.29, 0.717) is 19.3 Å². The summed E-state index contributed by atoms with van der Waals surface area (Å²) >= 11 is 0. The van der Waals surface area contributed by atoms with E-state index in [1.54, 1.807) is 0 Å². The highest BCUT2D eigenvalue weighted by molar-refractivity contribution is 5.72. The van der Waals surface area contributed by atoms with Gasteiger partial charge in [-0.2, -0.15) is 0 Å². The fourth-order valence-corrected chi connectivity index (χ4v) is 7.77. The molecule has 0 spiro atoms. The summed E-state index contributed by atoms with van der Waals surface area (Å²) in [5.74, 6) is -1.57. The van der Waals surface area contributed by atoms with Crippen LogP contribution in [-0.2, 0) is 28.6 Å². The molecule has 1 N–H and O–H groups in total. The number of unbranched alkanes of at least 4 members (excludes halogenated alkanes) is 22. The van der Waals surface area contributed by atoms with Gasteiger partial charge in [0.1, 0.15) is 6.61 Å². The van der Waals surface area contributed by atoms with Crippen molar-refractivity contribution >= 4 is 17.9 Å². The molecule has 0 fully saturated rings. The predicted molar refractivity (Wildman–Crippen MR) is 280 cm³/mol. The van der Waals surface area contributed by atoms with Crippen LogP contribution in [0, 0.1) is 0 Å². The molecule has 0 aromatic rings. The third kappa shape index (κ3) is 45.9. The quantitative estimate of drug-likeness (QED) is 0.0281. The van der Waals surface area contributed by atoms with Gasteiger partial charge in [-0.1, -0.05) is 228 Å². The second-order valence-corrected chi connectivity index (χ2v) is 19.1. The summed E-state index contributed by atoms with van der Waals surface area (Å²) in [5, 5.41) is 9.66. The molecule has 8 nitrogen and oxygen atoms in total. The number of carbonyl (C=O) groups is 3. The lowest BCUT2D eigenvalue weighted by Gasteiger charge is -2.31. The number of carboxylic acid groups (broad SMARTS) is 1. The Morgan fingerprint density at radius 3 is 1.23 bits per heavy atom. The van der Waals surface area contributed by atoms with Crippen LogP contribution in [0.1, 0.15) is 226 Å². The van der Waals surface area contributed by atoms with Gasteiger partial charge in [-0.3, -0.25) is 9.59 Å². The molecule has 0 saturated carbocycles. The van der Waals surface area contributed by atoms with Gasteiger partial charge in [0.2, 0.25) is 0 Å². The number of carbonyl (C=O) groups excluding carboxylic acids is 2. The monoisotopic (exact) mass is 925 g/mol. The zero-order chi connectivity index (χ0) is 48.4. The van der Waals surface area contributed by atoms with Crippen LogP contribution in [0.4, 0.5) is 0 Å². The van der Waals surface area contributed by atoms with Gasteiger partial charge in [0.05, 0.1) is 34.4 Å². The Kier molecular flexibility index (Phi) is 45.9. The lowest BCUT2D eigenvalue weighted by atomic mass is 10.0. The summed E-state index contributed by atoms with van der Waals surface area (Å²) < 4.78 is 17.3. The maximum absolute atomic E-state index is 12.8. The Balaban J connectivity index is 4.28. The summed E-state index contributed by atoms with van der Waals surface area (Å²) in [6.45, 7) is 4.57. The highest BCUT2D eigenvalue weighted by Crippen LogP contribution is 2.16. The van der Waals surface area contributed by atoms with Crippen molar-refractivity contribution in [2.24, 2.45) is 0 Å². The molecule has 380 valence electrons. The number of allylic oxidation sites excluding steroid dienone is 12. The zero-order valence-corrected chi connectivity index (χ0v) is 43.4. The molecule has 0 aliphatic rings. The molecule has 0 amide bonds. The molecular formula is C58H102NO7+. The molecule has 0 aromatic heterocycles. The fraction of sp³-hybridized carbons (Fsp3) is 0.741. The van der Waals surface area contributed by atoms with E-state index in [1.807, 2.05) is 33.3 Å². The summed E-state index contributed by atoms with van der Waals surface area (Å²) in [5.41, 5.74) is 0. The number of aliphatic carboxylic acids is 1. The highest BCUT2D eigenvalue weighted by atomic mass is 16.6. The van der Waals surface area contributed by atoms with Gasteiger partial charge in [0.15, 0.2) is 12.1 Å². The smallest absolute Gasteiger partial charge is 0.362 e. The van der Waals surface area contributed by atoms with Gasteiger partial charge >= 0.3 is 17.9 Å². The van der Waals surface area contributed by atoms with Crippen LogP contribution >= 0.6 is 0 Å². The first-order valence-electron chi connectivity index (χ1n) is 27.0. The normalized spacial score (nSPS) is 13.4. The summed E-state index contributed by atoms with van der Waals surface area (Å²) in [6.07, 6.45) is 62.7. The molecule has 0 radical (unpaired) electrons. The molecule has 0 aliphatic heterocycles. The number of ether oxygens (including phenoxy) is 3. The van der Waals surface area contributed by atoms with Gasteiger partial charge in [-0.15, -0.1) is 0 Å². The second kappa shape index (κ2) is 48.2. The molecule has 0 rings (SSSR count). The Labute approximate surface area is 406 Å². The van der Waals surface area contributed by atoms with E-state index in [-0.39, 0.29) is 42.7 Å². The van der Waals surface area contributed by atoms with Gasteiger partial charge in [-0.25, -0.2) is 4.79 Å². The second-order valence-electron chi connectivity index (χ2n) is 19.1. The summed E-state index contributed by atoms with van der Waals surface area (Å²) in [4.78, 5) is 37.2. The van der Waals surface area contributed by atoms with Crippen LogP contribution in [0.15, 0.2) is 72.9 Å². The van der Waals surface area contributed by atoms with Crippen LogP contribution in [0.25, 0.3) is 0 Å². The molecule has 0 aromatic carbocycles. The maximum Gasteiger partial charge on any atom is 0.362 e. The van der Waals surface area contributed by atoms with Crippen molar-refractivity contribution in [1.82, 2.24) is 0 Å². The van der Waals surface area contributed by atoms with E-state index < -0.39 is 18.1 Å². The average molecular weight is 925 g/mol. The Morgan fingerprint density at radius 2 is 0.848 bits per heavy atom. The number of nitrogens with zero attached hydrogens (tertiary/aromatic N) is 1. The first-order valence-corrected chi connectivity index (χ1v) is 27.0. The zero-order valence-electron chi connectivity index (χ0n) is 43.4. The van der Waals surface area contributed by atoms with E-state index in [9.17, 15) is 19.5 Å². The van der Waals surface area contributed by atoms with Crippen LogP contribution in [0.3, 0.4) is 0 Å². The molecule has 0 aliphatic carbocycles. The van der Waals surface area contributed by atoms with Gasteiger partial charge < -0.3 is 23.8 Å². The molecule has 66 heavy (non-hydrogen) atoms. The van der Waals surface area contributed by atoms with Crippen molar-refractivity contribution < 1.29 is 38.2 Å². The average Bonchev–Trinajstić information content (AvgIpc) is 3.28. The van der Waals surface area contributed by atoms with Crippen LogP contribution < -0.4 is 0 Å². The third-order valence-electron chi connectivity index (χ3n) is 11.9. The first-order chi connectivity index (χ1) is 32.1. The van der Waals surface area contributed by atoms with Crippen molar-refractivity contribution in [3.05, 3.63) is 72.9 Å². The minimum absolute atomic E-state index is 0.0368. The predicted octanol–water partition coefficient (Wildman–Crippen LogP) is 15.9. The topological polar surface area (TPSA) is 99.1 Å². The molecule has 0 saturated heterocycles. The van der Waals surface area contributed by atoms with E-state index in [4.69, 9.17) is 14.2 Å². The highest BCUT2D eigenvalue weighted by Gasteiger charge is 2.31. The SMILES string of the molecule is CC/C=C/C/C=C/C/C=C/C/C=C/C/C=C/C/C=C/CCC(=O)OCC(COCCC(C(=O)O)[N+](C)(C)C)OC(=O)CCCCCCCCCCCCCCCCCCCCCCCCC. The van der Waals surface area contributed by atoms with Crippen molar-refractivity contribution in [1.29, 1.82) is 0 Å². The molecular weight excluding hydrogens is 823 g/mol. The standard InChI is InChI=1S/C58H101NO7/c1-6-8-10-12-14-16-18-20-22-24-26-27-28-29-31-33-35-37-39-41-43-45-47-49-57(61)66-54(52-64-51-50-55(58(62)63)59(3,4)5)53-65-56(60)48-46-44-42-40-38-36-34-32-30-25-23-21-19-17-15-13-11-9-7-2/h9,11,15,17,21,23,30,32,36,38,42,44,54-55H,6-8,10,12-14,16,18-20,22,24-29,31,33-35,37,39-41,43,45-53H2,1-5H3/p+1/b11-9+,17-15+,23-21+,32-30+,38-36+,44-42+. The number of carboxylic acids is 1. The number of esters is 2. The van der Waals surface area contributed by atoms with E-state index in [2.05, 4.69) is 74.6 Å². The van der Waals surface area contributed by atoms with Crippen LogP contribution in [0.2, 0.25) is 0 Å². The lowest BCUT2D eigenvalue weighted by Crippen LogP contribution is -2.50. The van der Waals surface area contributed by atoms with Crippen LogP contribution in [0.5, 0.6) is 0 Å². The molecule has 2 unspecified atom stereocenters. The largest absolute Gasteiger partial charge is 0.477 e. The number of hydrogen-bond donors (Lipinski definition) is 1. The van der Waals surface area contributed by atoms with Crippen LogP contribution in [-0.4, -0.2) is 80.6 Å². The van der Waals surface area contributed by atoms with E-state index in [0.717, 1.165) is 57.8 Å². The van der Waals surface area contributed by atoms with Gasteiger partial charge in [0.25, 0.3) is 0 Å². The number of hydrogen-bond acceptors (Lipinski definition) is 6. The Hall–Kier alpha value is -3.23. The van der Waals surface area contributed by atoms with Crippen molar-refractivity contribution in [3.63, 3.8) is 0 Å². The maximum atomic E-state index is 12.8. The van der Waals surface area contributed by atoms with E-state index >= 15 is 0 Å². The molecule has 2 atom stereocenters. The fourth-order valence-electron chi connectivity index (χ4n) is 7.77. The Bertz CT molecular complexity index is 1310. The molecule has 0 bridgehead atoms. The molecule has 8 heteroatoms. The molecule has 0 heterocycles. The van der Waals surface area contributed by atoms with Crippen molar-refractivity contribution in [2.75, 3.05) is 41.0 Å². The lowest BCUT2D eigenvalue weighted by molar-refractivity contribution is -0.887. The third-order valence-corrected chi connectivity index (χ3v) is 11.9. The van der Waals surface area contributed by atoms with Crippen molar-refractivity contribution in [2.45, 2.75) is 238 Å². The minimum Gasteiger partial charge on any atom is -0.477 e. The summed E-state index contributed by atoms with van der Waals surface area (Å²) in [6, 6.07) is -0.628. The number of rotatable bonds is 48. The summed E-state index contributed by atoms with van der Waals surface area (Å²) in [7, 11) is 5.52. The Morgan fingerprint density at radius 1 is 0.470 bits per heavy atom. The van der Waals surface area contributed by atoms with Gasteiger partial charge in [-0.05, 0) is 51.4 Å². The minimum atomic E-state index is -0.884. The number of likely N-dealkylation sites (N-methyl/N-ethyl adjacent to an activating group) is 1. The first kappa shape index (κ1) is 62.8.